The van der Waals surface area contributed by atoms with Crippen molar-refractivity contribution in [3.8, 4) is 5.75 Å². The second-order valence-corrected chi connectivity index (χ2v) is 5.91. The van der Waals surface area contributed by atoms with E-state index < -0.39 is 0 Å². The van der Waals surface area contributed by atoms with Crippen LogP contribution in [0.3, 0.4) is 0 Å². The van der Waals surface area contributed by atoms with Gasteiger partial charge in [-0.15, -0.1) is 0 Å². The summed E-state index contributed by atoms with van der Waals surface area (Å²) in [6.45, 7) is 2.79. The summed E-state index contributed by atoms with van der Waals surface area (Å²) >= 11 is 0. The van der Waals surface area contributed by atoms with Gasteiger partial charge in [0.2, 0.25) is 0 Å². The molecule has 0 bridgehead atoms. The first-order chi connectivity index (χ1) is 11.3. The summed E-state index contributed by atoms with van der Waals surface area (Å²) in [5.74, 6) is 0.921. The lowest BCUT2D eigenvalue weighted by molar-refractivity contribution is 0.321. The highest BCUT2D eigenvalue weighted by molar-refractivity contribution is 5.77. The fraction of sp³-hybridized carbons (Fsp3) is 0.286. The lowest BCUT2D eigenvalue weighted by Crippen LogP contribution is -2.03. The summed E-state index contributed by atoms with van der Waals surface area (Å²) in [6, 6.07) is 16.8. The smallest absolute Gasteiger partial charge is 0.128 e. The molecule has 0 amide bonds. The van der Waals surface area contributed by atoms with Crippen LogP contribution in [0.4, 0.5) is 0 Å². The van der Waals surface area contributed by atoms with Crippen molar-refractivity contribution in [3.05, 3.63) is 71.3 Å². The Morgan fingerprint density at radius 1 is 1.00 bits per heavy atom. The molecule has 118 valence electrons. The number of rotatable bonds is 5. The van der Waals surface area contributed by atoms with Gasteiger partial charge in [0.1, 0.15) is 5.75 Å². The number of nitrogens with zero attached hydrogens (tertiary/aromatic N) is 1. The van der Waals surface area contributed by atoms with Gasteiger partial charge in [-0.25, -0.2) is 0 Å². The average Bonchev–Trinajstić information content (AvgIpc) is 2.86. The van der Waals surface area contributed by atoms with Gasteiger partial charge in [0, 0.05) is 18.2 Å². The van der Waals surface area contributed by atoms with Crippen LogP contribution in [-0.4, -0.2) is 12.8 Å². The molecule has 0 saturated carbocycles. The molecule has 0 spiro atoms. The van der Waals surface area contributed by atoms with Crippen LogP contribution in [0.25, 0.3) is 5.70 Å². The molecule has 23 heavy (non-hydrogen) atoms. The van der Waals surface area contributed by atoms with Crippen molar-refractivity contribution in [1.29, 1.82) is 0 Å². The monoisotopic (exact) mass is 305 g/mol. The molecule has 2 aromatic rings. The van der Waals surface area contributed by atoms with E-state index in [1.54, 1.807) is 0 Å². The zero-order valence-corrected chi connectivity index (χ0v) is 13.7. The standard InChI is InChI=1S/C21H23NO/c1-17-10-12-18(13-11-17)14-16-23-21-9-5-4-7-19(21)20-8-3-2-6-15-22-20/h4-5,7-13,15H,2-3,6,14,16H2,1H3. The third-order valence-electron chi connectivity index (χ3n) is 4.04. The molecule has 2 nitrogen and oxygen atoms in total. The van der Waals surface area contributed by atoms with Crippen LogP contribution in [0.2, 0.25) is 0 Å². The van der Waals surface area contributed by atoms with Gasteiger partial charge in [-0.05, 0) is 43.9 Å². The number of allylic oxidation sites excluding steroid dienone is 1. The first kappa shape index (κ1) is 15.5. The Kier molecular flexibility index (Phi) is 5.25. The van der Waals surface area contributed by atoms with Crippen molar-refractivity contribution >= 4 is 11.9 Å². The van der Waals surface area contributed by atoms with E-state index in [0.29, 0.717) is 6.61 Å². The van der Waals surface area contributed by atoms with Crippen molar-refractivity contribution in [1.82, 2.24) is 0 Å². The fourth-order valence-corrected chi connectivity index (χ4v) is 2.68. The van der Waals surface area contributed by atoms with E-state index in [2.05, 4.69) is 48.3 Å². The van der Waals surface area contributed by atoms with Crippen molar-refractivity contribution in [2.24, 2.45) is 4.99 Å². The topological polar surface area (TPSA) is 21.6 Å². The van der Waals surface area contributed by atoms with Gasteiger partial charge in [0.25, 0.3) is 0 Å². The Balaban J connectivity index is 1.68. The minimum absolute atomic E-state index is 0.678. The van der Waals surface area contributed by atoms with Crippen molar-refractivity contribution in [2.75, 3.05) is 6.61 Å². The van der Waals surface area contributed by atoms with Gasteiger partial charge in [-0.2, -0.15) is 0 Å². The zero-order valence-electron chi connectivity index (χ0n) is 13.7. The van der Waals surface area contributed by atoms with Crippen LogP contribution in [0.15, 0.2) is 59.6 Å². The second kappa shape index (κ2) is 7.77. The molecule has 2 aromatic carbocycles. The molecule has 3 rings (SSSR count). The van der Waals surface area contributed by atoms with Gasteiger partial charge in [0.05, 0.1) is 12.3 Å². The van der Waals surface area contributed by atoms with Crippen LogP contribution in [0, 0.1) is 6.92 Å². The van der Waals surface area contributed by atoms with E-state index in [1.165, 1.54) is 17.5 Å². The van der Waals surface area contributed by atoms with Crippen molar-refractivity contribution in [3.63, 3.8) is 0 Å². The molecule has 2 heteroatoms. The number of aliphatic imine (C=N–C) groups is 1. The Morgan fingerprint density at radius 2 is 1.83 bits per heavy atom. The van der Waals surface area contributed by atoms with Gasteiger partial charge in [0.15, 0.2) is 0 Å². The summed E-state index contributed by atoms with van der Waals surface area (Å²) < 4.78 is 6.05. The van der Waals surface area contributed by atoms with E-state index in [-0.39, 0.29) is 0 Å². The lowest BCUT2D eigenvalue weighted by Gasteiger charge is -2.12. The zero-order chi connectivity index (χ0) is 15.9. The molecule has 0 N–H and O–H groups in total. The van der Waals surface area contributed by atoms with E-state index in [0.717, 1.165) is 36.3 Å². The van der Waals surface area contributed by atoms with Crippen LogP contribution in [0.1, 0.15) is 36.0 Å². The molecule has 1 heterocycles. The first-order valence-corrected chi connectivity index (χ1v) is 8.33. The maximum Gasteiger partial charge on any atom is 0.128 e. The summed E-state index contributed by atoms with van der Waals surface area (Å²) in [6.07, 6.45) is 8.44. The molecule has 0 aliphatic carbocycles. The van der Waals surface area contributed by atoms with Gasteiger partial charge in [-0.1, -0.05) is 48.0 Å². The van der Waals surface area contributed by atoms with Gasteiger partial charge in [-0.3, -0.25) is 4.99 Å². The quantitative estimate of drug-likeness (QED) is 0.743. The van der Waals surface area contributed by atoms with Crippen molar-refractivity contribution in [2.45, 2.75) is 32.6 Å². The Hall–Kier alpha value is -2.35. The molecular formula is C21H23NO. The largest absolute Gasteiger partial charge is 0.493 e. The Morgan fingerprint density at radius 3 is 2.70 bits per heavy atom. The molecule has 1 aliphatic heterocycles. The van der Waals surface area contributed by atoms with Crippen molar-refractivity contribution < 1.29 is 4.74 Å². The highest BCUT2D eigenvalue weighted by Crippen LogP contribution is 2.28. The van der Waals surface area contributed by atoms with Gasteiger partial charge < -0.3 is 4.74 Å². The number of ether oxygens (including phenoxy) is 1. The van der Waals surface area contributed by atoms with Gasteiger partial charge >= 0.3 is 0 Å². The van der Waals surface area contributed by atoms with Crippen LogP contribution >= 0.6 is 0 Å². The number of hydrogen-bond acceptors (Lipinski definition) is 2. The first-order valence-electron chi connectivity index (χ1n) is 8.33. The number of aryl methyl sites for hydroxylation is 1. The van der Waals surface area contributed by atoms with E-state index in [4.69, 9.17) is 4.74 Å². The summed E-state index contributed by atoms with van der Waals surface area (Å²) in [5, 5.41) is 0. The summed E-state index contributed by atoms with van der Waals surface area (Å²) in [5.41, 5.74) is 4.72. The number of hydrogen-bond donors (Lipinski definition) is 0. The molecule has 0 atom stereocenters. The maximum absolute atomic E-state index is 6.05. The SMILES string of the molecule is Cc1ccc(CCOc2ccccc2C2=CCCCC=N2)cc1. The molecule has 0 radical (unpaired) electrons. The predicted octanol–water partition coefficient (Wildman–Crippen LogP) is 5.21. The normalized spacial score (nSPS) is 14.2. The fourth-order valence-electron chi connectivity index (χ4n) is 2.68. The third-order valence-corrected chi connectivity index (χ3v) is 4.04. The molecule has 0 saturated heterocycles. The predicted molar refractivity (Wildman–Crippen MR) is 97.1 cm³/mol. The van der Waals surface area contributed by atoms with E-state index in [1.807, 2.05) is 24.4 Å². The minimum atomic E-state index is 0.678. The third kappa shape index (κ3) is 4.32. The van der Waals surface area contributed by atoms with E-state index in [9.17, 15) is 0 Å². The van der Waals surface area contributed by atoms with E-state index >= 15 is 0 Å². The number of benzene rings is 2. The Bertz CT molecular complexity index is 698. The highest BCUT2D eigenvalue weighted by Gasteiger charge is 2.08. The molecule has 0 unspecified atom stereocenters. The highest BCUT2D eigenvalue weighted by atomic mass is 16.5. The molecule has 0 fully saturated rings. The summed E-state index contributed by atoms with van der Waals surface area (Å²) in [4.78, 5) is 4.59. The molecule has 0 aromatic heterocycles. The Labute approximate surface area is 138 Å². The molecule has 1 aliphatic rings. The average molecular weight is 305 g/mol. The van der Waals surface area contributed by atoms with Crippen LogP contribution in [0.5, 0.6) is 5.75 Å². The van der Waals surface area contributed by atoms with Crippen LogP contribution < -0.4 is 4.74 Å². The number of para-hydroxylation sites is 1. The maximum atomic E-state index is 6.05. The molecular weight excluding hydrogens is 282 g/mol. The second-order valence-electron chi connectivity index (χ2n) is 5.91. The summed E-state index contributed by atoms with van der Waals surface area (Å²) in [7, 11) is 0. The minimum Gasteiger partial charge on any atom is -0.493 e. The lowest BCUT2D eigenvalue weighted by atomic mass is 10.1. The van der Waals surface area contributed by atoms with Crippen LogP contribution in [-0.2, 0) is 6.42 Å².